The van der Waals surface area contributed by atoms with Gasteiger partial charge < -0.3 is 0 Å². The van der Waals surface area contributed by atoms with Crippen LogP contribution in [-0.4, -0.2) is 20.6 Å². The minimum Gasteiger partial charge on any atom is -0.269 e. The number of nitrogens with one attached hydrogen (secondary N) is 1. The maximum atomic E-state index is 10.8. The van der Waals surface area contributed by atoms with Crippen molar-refractivity contribution in [1.82, 2.24) is 4.72 Å². The molecule has 1 amide bonds. The molecule has 4 nitrogen and oxygen atoms in total. The first-order valence-electron chi connectivity index (χ1n) is 3.02. The Morgan fingerprint density at radius 1 is 1.45 bits per heavy atom. The van der Waals surface area contributed by atoms with Crippen LogP contribution in [0.15, 0.2) is 11.6 Å². The fraction of sp³-hybridized carbons (Fsp3) is 0.500. The van der Waals surface area contributed by atoms with Gasteiger partial charge in [-0.3, -0.25) is 4.79 Å². The van der Waals surface area contributed by atoms with Gasteiger partial charge in [0, 0.05) is 5.57 Å². The fourth-order valence-electron chi connectivity index (χ4n) is 0.380. The Bertz CT molecular complexity index is 276. The minimum atomic E-state index is -3.42. The van der Waals surface area contributed by atoms with E-state index in [1.807, 2.05) is 4.72 Å². The lowest BCUT2D eigenvalue weighted by molar-refractivity contribution is -0.115. The summed E-state index contributed by atoms with van der Waals surface area (Å²) in [7, 11) is -3.42. The third-order valence-electron chi connectivity index (χ3n) is 1.07. The monoisotopic (exact) mass is 177 g/mol. The van der Waals surface area contributed by atoms with Gasteiger partial charge in [0.05, 0.1) is 6.26 Å². The van der Waals surface area contributed by atoms with Gasteiger partial charge in [0.1, 0.15) is 0 Å². The van der Waals surface area contributed by atoms with Crippen molar-refractivity contribution in [1.29, 1.82) is 0 Å². The lowest BCUT2D eigenvalue weighted by Crippen LogP contribution is -2.29. The SMILES string of the molecule is C/C=C(/C)C(=O)NS(C)(=O)=O. The van der Waals surface area contributed by atoms with Crippen LogP contribution in [0.1, 0.15) is 13.8 Å². The largest absolute Gasteiger partial charge is 0.269 e. The van der Waals surface area contributed by atoms with Crippen LogP contribution in [-0.2, 0) is 14.8 Å². The van der Waals surface area contributed by atoms with E-state index in [1.165, 1.54) is 0 Å². The van der Waals surface area contributed by atoms with Crippen LogP contribution in [0.25, 0.3) is 0 Å². The number of allylic oxidation sites excluding steroid dienone is 1. The number of sulfonamides is 1. The molecule has 5 heteroatoms. The fourth-order valence-corrected chi connectivity index (χ4v) is 0.878. The zero-order valence-electron chi connectivity index (χ0n) is 6.71. The van der Waals surface area contributed by atoms with E-state index in [1.54, 1.807) is 19.9 Å². The minimum absolute atomic E-state index is 0.385. The van der Waals surface area contributed by atoms with Gasteiger partial charge in [0.15, 0.2) is 0 Å². The van der Waals surface area contributed by atoms with E-state index >= 15 is 0 Å². The summed E-state index contributed by atoms with van der Waals surface area (Å²) < 4.78 is 22.8. The topological polar surface area (TPSA) is 63.2 Å². The molecule has 11 heavy (non-hydrogen) atoms. The molecule has 0 saturated carbocycles. The molecule has 0 bridgehead atoms. The third kappa shape index (κ3) is 4.55. The van der Waals surface area contributed by atoms with Gasteiger partial charge in [-0.25, -0.2) is 13.1 Å². The molecule has 0 aliphatic rings. The van der Waals surface area contributed by atoms with E-state index in [4.69, 9.17) is 0 Å². The Morgan fingerprint density at radius 2 is 1.91 bits per heavy atom. The number of hydrogen-bond acceptors (Lipinski definition) is 3. The smallest absolute Gasteiger partial charge is 0.260 e. The van der Waals surface area contributed by atoms with Crippen molar-refractivity contribution in [2.24, 2.45) is 0 Å². The molecule has 0 aromatic carbocycles. The zero-order valence-corrected chi connectivity index (χ0v) is 7.53. The number of hydrogen-bond donors (Lipinski definition) is 1. The molecule has 0 spiro atoms. The Morgan fingerprint density at radius 3 is 2.18 bits per heavy atom. The van der Waals surface area contributed by atoms with Gasteiger partial charge in [-0.2, -0.15) is 0 Å². The summed E-state index contributed by atoms with van der Waals surface area (Å²) in [5, 5.41) is 0. The first kappa shape index (κ1) is 10.2. The van der Waals surface area contributed by atoms with E-state index in [-0.39, 0.29) is 0 Å². The molecule has 0 rings (SSSR count). The second-order valence-corrected chi connectivity index (χ2v) is 3.92. The lowest BCUT2D eigenvalue weighted by atomic mass is 10.3. The van der Waals surface area contributed by atoms with Gasteiger partial charge in [-0.05, 0) is 13.8 Å². The van der Waals surface area contributed by atoms with Gasteiger partial charge >= 0.3 is 0 Å². The molecule has 0 unspecified atom stereocenters. The maximum absolute atomic E-state index is 10.8. The van der Waals surface area contributed by atoms with Crippen molar-refractivity contribution >= 4 is 15.9 Å². The Hall–Kier alpha value is -0.840. The van der Waals surface area contributed by atoms with Crippen LogP contribution < -0.4 is 4.72 Å². The summed E-state index contributed by atoms with van der Waals surface area (Å²) in [4.78, 5) is 10.8. The summed E-state index contributed by atoms with van der Waals surface area (Å²) >= 11 is 0. The van der Waals surface area contributed by atoms with Crippen molar-refractivity contribution in [2.45, 2.75) is 13.8 Å². The second kappa shape index (κ2) is 3.52. The van der Waals surface area contributed by atoms with Crippen molar-refractivity contribution in [3.8, 4) is 0 Å². The van der Waals surface area contributed by atoms with Crippen LogP contribution in [0.2, 0.25) is 0 Å². The molecule has 0 heterocycles. The van der Waals surface area contributed by atoms with E-state index in [0.29, 0.717) is 5.57 Å². The normalized spacial score (nSPS) is 12.8. The van der Waals surface area contributed by atoms with Crippen LogP contribution in [0.5, 0.6) is 0 Å². The van der Waals surface area contributed by atoms with Gasteiger partial charge in [-0.1, -0.05) is 6.08 Å². The number of carbonyl (C=O) groups is 1. The molecule has 0 saturated heterocycles. The number of carbonyl (C=O) groups excluding carboxylic acids is 1. The summed E-state index contributed by atoms with van der Waals surface area (Å²) in [6.07, 6.45) is 2.48. The van der Waals surface area contributed by atoms with Gasteiger partial charge in [0.2, 0.25) is 10.0 Å². The Labute approximate surface area is 66.3 Å². The highest BCUT2D eigenvalue weighted by atomic mass is 32.2. The van der Waals surface area contributed by atoms with Crippen LogP contribution >= 0.6 is 0 Å². The van der Waals surface area contributed by atoms with Crippen molar-refractivity contribution in [3.05, 3.63) is 11.6 Å². The average Bonchev–Trinajstić information content (AvgIpc) is 1.82. The van der Waals surface area contributed by atoms with E-state index in [9.17, 15) is 13.2 Å². The van der Waals surface area contributed by atoms with Crippen molar-refractivity contribution in [3.63, 3.8) is 0 Å². The average molecular weight is 177 g/mol. The molecule has 0 radical (unpaired) electrons. The maximum Gasteiger partial charge on any atom is 0.260 e. The first-order chi connectivity index (χ1) is 4.87. The van der Waals surface area contributed by atoms with E-state index in [0.717, 1.165) is 6.26 Å². The molecule has 0 aromatic rings. The predicted molar refractivity (Wildman–Crippen MR) is 42.4 cm³/mol. The Kier molecular flexibility index (Phi) is 3.25. The molecule has 0 aliphatic carbocycles. The van der Waals surface area contributed by atoms with Crippen LogP contribution in [0.4, 0.5) is 0 Å². The summed E-state index contributed by atoms with van der Waals surface area (Å²) in [6, 6.07) is 0. The highest BCUT2D eigenvalue weighted by Gasteiger charge is 2.08. The molecule has 0 aromatic heterocycles. The molecular formula is C6H11NO3S. The Balaban J connectivity index is 4.34. The quantitative estimate of drug-likeness (QED) is 0.605. The molecule has 0 fully saturated rings. The number of rotatable bonds is 2. The van der Waals surface area contributed by atoms with Crippen LogP contribution in [0, 0.1) is 0 Å². The molecule has 64 valence electrons. The van der Waals surface area contributed by atoms with E-state index < -0.39 is 15.9 Å². The summed E-state index contributed by atoms with van der Waals surface area (Å²) in [5.41, 5.74) is 0.385. The van der Waals surface area contributed by atoms with Crippen LogP contribution in [0.3, 0.4) is 0 Å². The second-order valence-electron chi connectivity index (χ2n) is 2.18. The van der Waals surface area contributed by atoms with E-state index in [2.05, 4.69) is 0 Å². The predicted octanol–water partition coefficient (Wildman–Crippen LogP) is 0.0284. The molecule has 0 aliphatic heterocycles. The molecule has 0 atom stereocenters. The van der Waals surface area contributed by atoms with Crippen molar-refractivity contribution < 1.29 is 13.2 Å². The zero-order chi connectivity index (χ0) is 9.07. The number of amides is 1. The molecule has 1 N–H and O–H groups in total. The van der Waals surface area contributed by atoms with Crippen molar-refractivity contribution in [2.75, 3.05) is 6.26 Å². The third-order valence-corrected chi connectivity index (χ3v) is 1.63. The first-order valence-corrected chi connectivity index (χ1v) is 4.91. The van der Waals surface area contributed by atoms with Gasteiger partial charge in [-0.15, -0.1) is 0 Å². The standard InChI is InChI=1S/C6H11NO3S/c1-4-5(2)6(8)7-11(3,9)10/h4H,1-3H3,(H,7,8)/b5-4-. The summed E-state index contributed by atoms with van der Waals surface area (Å²) in [5.74, 6) is -0.574. The highest BCUT2D eigenvalue weighted by molar-refractivity contribution is 7.89. The summed E-state index contributed by atoms with van der Waals surface area (Å²) in [6.45, 7) is 3.21. The molecular weight excluding hydrogens is 166 g/mol. The highest BCUT2D eigenvalue weighted by Crippen LogP contribution is 1.91. The lowest BCUT2D eigenvalue weighted by Gasteiger charge is -2.00. The van der Waals surface area contributed by atoms with Gasteiger partial charge in [0.25, 0.3) is 5.91 Å².